The lowest BCUT2D eigenvalue weighted by Gasteiger charge is -2.26. The molecule has 0 unspecified atom stereocenters. The van der Waals surface area contributed by atoms with Crippen LogP contribution < -0.4 is 5.32 Å². The average Bonchev–Trinajstić information content (AvgIpc) is 3.48. The molecule has 0 aliphatic carbocycles. The first-order valence-corrected chi connectivity index (χ1v) is 11.4. The molecule has 0 aliphatic rings. The Labute approximate surface area is 185 Å². The molecule has 8 heteroatoms. The Balaban J connectivity index is 1.57. The fraction of sp³-hybridized carbons (Fsp3) is 0.304. The summed E-state index contributed by atoms with van der Waals surface area (Å²) in [5.74, 6) is -0.176. The third kappa shape index (κ3) is 4.50. The molecule has 4 aromatic rings. The number of rotatable bonds is 8. The number of amides is 1. The van der Waals surface area contributed by atoms with E-state index < -0.39 is 0 Å². The molecule has 31 heavy (non-hydrogen) atoms. The van der Waals surface area contributed by atoms with E-state index in [9.17, 15) is 4.79 Å². The predicted octanol–water partition coefficient (Wildman–Crippen LogP) is 3.98. The molecule has 0 radical (unpaired) electrons. The van der Waals surface area contributed by atoms with E-state index in [1.807, 2.05) is 41.9 Å². The molecule has 7 nitrogen and oxygen atoms in total. The molecule has 0 aliphatic heterocycles. The molecule has 4 rings (SSSR count). The highest BCUT2D eigenvalue weighted by atomic mass is 32.1. The van der Waals surface area contributed by atoms with Crippen molar-refractivity contribution >= 4 is 22.9 Å². The van der Waals surface area contributed by atoms with Crippen molar-refractivity contribution in [1.29, 1.82) is 0 Å². The molecule has 160 valence electrons. The minimum absolute atomic E-state index is 0.176. The zero-order valence-corrected chi connectivity index (χ0v) is 18.8. The van der Waals surface area contributed by atoms with E-state index >= 15 is 0 Å². The molecule has 0 saturated heterocycles. The summed E-state index contributed by atoms with van der Waals surface area (Å²) in [6, 6.07) is 11.7. The second-order valence-electron chi connectivity index (χ2n) is 7.30. The quantitative estimate of drug-likeness (QED) is 0.454. The normalized spacial score (nSPS) is 12.4. The van der Waals surface area contributed by atoms with Crippen LogP contribution in [0.1, 0.15) is 31.3 Å². The van der Waals surface area contributed by atoms with E-state index in [1.165, 1.54) is 0 Å². The summed E-state index contributed by atoms with van der Waals surface area (Å²) < 4.78 is 1.73. The zero-order chi connectivity index (χ0) is 21.8. The number of thiophene rings is 1. The van der Waals surface area contributed by atoms with Gasteiger partial charge in [0.1, 0.15) is 5.69 Å². The second kappa shape index (κ2) is 9.36. The lowest BCUT2D eigenvalue weighted by molar-refractivity contribution is 0.0933. The number of likely N-dealkylation sites (N-methyl/N-ethyl adjacent to an activating group) is 1. The Bertz CT molecular complexity index is 1170. The van der Waals surface area contributed by atoms with Gasteiger partial charge in [0.2, 0.25) is 0 Å². The van der Waals surface area contributed by atoms with Crippen molar-refractivity contribution in [3.8, 4) is 21.8 Å². The zero-order valence-electron chi connectivity index (χ0n) is 17.9. The first-order valence-electron chi connectivity index (χ1n) is 10.5. The van der Waals surface area contributed by atoms with Crippen molar-refractivity contribution in [2.75, 3.05) is 19.6 Å². The molecule has 0 fully saturated rings. The molecule has 0 saturated carbocycles. The van der Waals surface area contributed by atoms with Gasteiger partial charge in [0, 0.05) is 18.8 Å². The van der Waals surface area contributed by atoms with Crippen LogP contribution in [0, 0.1) is 0 Å². The van der Waals surface area contributed by atoms with E-state index in [4.69, 9.17) is 4.98 Å². The number of nitrogens with zero attached hydrogens (tertiary/aromatic N) is 5. The standard InChI is InChI=1S/C23H26N6OS/c1-4-28(5-2)16(3)14-24-23(30)20-9-6-8-18(26-20)17-15-25-29-12-11-19(27-22(17)29)21-10-7-13-31-21/h6-13,15-16H,4-5,14H2,1-3H3,(H,24,30)/t16-/m0/s1. The SMILES string of the molecule is CCN(CC)[C@@H](C)CNC(=O)c1cccc(-c2cnn3ccc(-c4cccs4)nc23)n1. The lowest BCUT2D eigenvalue weighted by Crippen LogP contribution is -2.42. The maximum atomic E-state index is 12.7. The number of nitrogens with one attached hydrogen (secondary N) is 1. The van der Waals surface area contributed by atoms with Crippen molar-refractivity contribution < 1.29 is 4.79 Å². The van der Waals surface area contributed by atoms with Crippen LogP contribution in [0.25, 0.3) is 27.5 Å². The topological polar surface area (TPSA) is 75.4 Å². The molecular weight excluding hydrogens is 408 g/mol. The van der Waals surface area contributed by atoms with Crippen LogP contribution in [-0.2, 0) is 0 Å². The van der Waals surface area contributed by atoms with Crippen LogP contribution in [0.2, 0.25) is 0 Å². The molecular formula is C23H26N6OS. The number of hydrogen-bond donors (Lipinski definition) is 1. The van der Waals surface area contributed by atoms with Gasteiger partial charge in [0.15, 0.2) is 5.65 Å². The number of aromatic nitrogens is 4. The Morgan fingerprint density at radius 3 is 2.71 bits per heavy atom. The van der Waals surface area contributed by atoms with Gasteiger partial charge < -0.3 is 5.32 Å². The summed E-state index contributed by atoms with van der Waals surface area (Å²) >= 11 is 1.64. The fourth-order valence-corrected chi connectivity index (χ4v) is 4.32. The van der Waals surface area contributed by atoms with Crippen molar-refractivity contribution in [1.82, 2.24) is 29.8 Å². The van der Waals surface area contributed by atoms with Crippen molar-refractivity contribution in [3.05, 3.63) is 59.9 Å². The van der Waals surface area contributed by atoms with Gasteiger partial charge in [0.05, 0.1) is 28.0 Å². The van der Waals surface area contributed by atoms with Gasteiger partial charge in [0.25, 0.3) is 5.91 Å². The highest BCUT2D eigenvalue weighted by molar-refractivity contribution is 7.13. The van der Waals surface area contributed by atoms with E-state index in [2.05, 4.69) is 41.1 Å². The number of carbonyl (C=O) groups excluding carboxylic acids is 1. The average molecular weight is 435 g/mol. The fourth-order valence-electron chi connectivity index (χ4n) is 3.63. The summed E-state index contributed by atoms with van der Waals surface area (Å²) in [5.41, 5.74) is 3.47. The first-order chi connectivity index (χ1) is 15.1. The number of carbonyl (C=O) groups is 1. The summed E-state index contributed by atoms with van der Waals surface area (Å²) in [7, 11) is 0. The molecule has 0 spiro atoms. The number of pyridine rings is 1. The largest absolute Gasteiger partial charge is 0.349 e. The van der Waals surface area contributed by atoms with Crippen molar-refractivity contribution in [2.24, 2.45) is 0 Å². The van der Waals surface area contributed by atoms with E-state index in [0.717, 1.165) is 29.2 Å². The molecule has 0 bridgehead atoms. The van der Waals surface area contributed by atoms with Gasteiger partial charge in [-0.25, -0.2) is 14.5 Å². The van der Waals surface area contributed by atoms with Crippen molar-refractivity contribution in [3.63, 3.8) is 0 Å². The van der Waals surface area contributed by atoms with E-state index in [1.54, 1.807) is 28.1 Å². The minimum Gasteiger partial charge on any atom is -0.349 e. The third-order valence-corrected chi connectivity index (χ3v) is 6.29. The molecule has 4 heterocycles. The van der Waals surface area contributed by atoms with Crippen LogP contribution in [0.15, 0.2) is 54.2 Å². The van der Waals surface area contributed by atoms with Gasteiger partial charge in [-0.1, -0.05) is 26.0 Å². The molecule has 4 aromatic heterocycles. The Hall–Kier alpha value is -3.10. The maximum absolute atomic E-state index is 12.7. The Morgan fingerprint density at radius 2 is 1.97 bits per heavy atom. The van der Waals surface area contributed by atoms with Gasteiger partial charge >= 0.3 is 0 Å². The van der Waals surface area contributed by atoms with Crippen LogP contribution >= 0.6 is 11.3 Å². The maximum Gasteiger partial charge on any atom is 0.269 e. The highest BCUT2D eigenvalue weighted by Gasteiger charge is 2.16. The van der Waals surface area contributed by atoms with Crippen LogP contribution in [0.4, 0.5) is 0 Å². The minimum atomic E-state index is -0.176. The third-order valence-electron chi connectivity index (χ3n) is 5.39. The van der Waals surface area contributed by atoms with Crippen LogP contribution in [0.3, 0.4) is 0 Å². The van der Waals surface area contributed by atoms with Crippen molar-refractivity contribution in [2.45, 2.75) is 26.8 Å². The summed E-state index contributed by atoms with van der Waals surface area (Å²) in [6.45, 7) is 8.86. The molecule has 1 N–H and O–H groups in total. The molecule has 0 aromatic carbocycles. The van der Waals surface area contributed by atoms with E-state index in [0.29, 0.717) is 23.6 Å². The summed E-state index contributed by atoms with van der Waals surface area (Å²) in [6.07, 6.45) is 3.64. The second-order valence-corrected chi connectivity index (χ2v) is 8.25. The number of fused-ring (bicyclic) bond motifs is 1. The van der Waals surface area contributed by atoms with Gasteiger partial charge in [-0.15, -0.1) is 11.3 Å². The molecule has 1 atom stereocenters. The highest BCUT2D eigenvalue weighted by Crippen LogP contribution is 2.26. The lowest BCUT2D eigenvalue weighted by atomic mass is 10.2. The Morgan fingerprint density at radius 1 is 1.13 bits per heavy atom. The van der Waals surface area contributed by atoms with Gasteiger partial charge in [-0.05, 0) is 49.7 Å². The summed E-state index contributed by atoms with van der Waals surface area (Å²) in [5, 5.41) is 9.44. The van der Waals surface area contributed by atoms with Gasteiger partial charge in [-0.2, -0.15) is 5.10 Å². The van der Waals surface area contributed by atoms with E-state index in [-0.39, 0.29) is 11.9 Å². The monoisotopic (exact) mass is 434 g/mol. The van der Waals surface area contributed by atoms with Crippen LogP contribution in [0.5, 0.6) is 0 Å². The summed E-state index contributed by atoms with van der Waals surface area (Å²) in [4.78, 5) is 25.5. The predicted molar refractivity (Wildman–Crippen MR) is 124 cm³/mol. The number of hydrogen-bond acceptors (Lipinski definition) is 6. The molecule has 1 amide bonds. The first kappa shape index (κ1) is 21.1. The smallest absolute Gasteiger partial charge is 0.269 e. The van der Waals surface area contributed by atoms with Crippen LogP contribution in [-0.4, -0.2) is 56.1 Å². The Kier molecular flexibility index (Phi) is 6.39. The van der Waals surface area contributed by atoms with Gasteiger partial charge in [-0.3, -0.25) is 9.69 Å².